The minimum atomic E-state index is 0.0266. The monoisotopic (exact) mass is 506 g/mol. The predicted molar refractivity (Wildman–Crippen MR) is 172 cm³/mol. The molecule has 0 saturated carbocycles. The van der Waals surface area contributed by atoms with E-state index in [1.807, 2.05) is 43.4 Å². The van der Waals surface area contributed by atoms with Crippen LogP contribution in [-0.4, -0.2) is 6.21 Å². The van der Waals surface area contributed by atoms with Gasteiger partial charge >= 0.3 is 0 Å². The molecular formula is C36H46N2. The number of hydrogen-bond donors (Lipinski definition) is 2. The fourth-order valence-electron chi connectivity index (χ4n) is 3.42. The highest BCUT2D eigenvalue weighted by Gasteiger charge is 2.23. The van der Waals surface area contributed by atoms with E-state index in [1.165, 1.54) is 28.5 Å². The largest absolute Gasteiger partial charge is 0.398 e. The standard InChI is InChI=1S/C32H39N.C4H7N/c1-7-25(3)17-15-18-26(4)16-11-9-14-21-31(33)29-23-22-28(27-19-12-10-13-20-27)24-30(29)32(5,6)8-2;1-4(2)3-5/h7,9-17,19-24H,4,8,18,33H2,1-3,5-6H3;3,5H,1H2,2H3/b14-9-,16-11+,17-15-,25-7-,31-21-;. The molecule has 0 heterocycles. The first-order valence-electron chi connectivity index (χ1n) is 13.2. The summed E-state index contributed by atoms with van der Waals surface area (Å²) in [6.07, 6.45) is 19.5. The quantitative estimate of drug-likeness (QED) is 0.231. The summed E-state index contributed by atoms with van der Waals surface area (Å²) in [4.78, 5) is 0. The molecule has 2 rings (SSSR count). The maximum absolute atomic E-state index is 6.54. The fourth-order valence-corrected chi connectivity index (χ4v) is 3.42. The van der Waals surface area contributed by atoms with E-state index in [0.29, 0.717) is 0 Å². The highest BCUT2D eigenvalue weighted by atomic mass is 14.6. The molecule has 2 aromatic carbocycles. The highest BCUT2D eigenvalue weighted by molar-refractivity contribution is 5.74. The smallest absolute Gasteiger partial charge is 0.0390 e. The normalized spacial score (nSPS) is 12.6. The van der Waals surface area contributed by atoms with Crippen molar-refractivity contribution in [3.8, 4) is 11.1 Å². The summed E-state index contributed by atoms with van der Waals surface area (Å²) in [5, 5.41) is 6.43. The third-order valence-corrected chi connectivity index (χ3v) is 6.34. The van der Waals surface area contributed by atoms with Crippen LogP contribution in [0.15, 0.2) is 127 Å². The van der Waals surface area contributed by atoms with Crippen molar-refractivity contribution in [3.05, 3.63) is 138 Å². The van der Waals surface area contributed by atoms with Crippen molar-refractivity contribution in [1.82, 2.24) is 0 Å². The van der Waals surface area contributed by atoms with Gasteiger partial charge in [0, 0.05) is 17.5 Å². The van der Waals surface area contributed by atoms with E-state index in [-0.39, 0.29) is 5.41 Å². The molecule has 3 N–H and O–H groups in total. The zero-order valence-electron chi connectivity index (χ0n) is 24.2. The second kappa shape index (κ2) is 16.8. The Morgan fingerprint density at radius 2 is 1.61 bits per heavy atom. The molecule has 0 radical (unpaired) electrons. The summed E-state index contributed by atoms with van der Waals surface area (Å²) >= 11 is 0. The average molecular weight is 507 g/mol. The Morgan fingerprint density at radius 1 is 0.947 bits per heavy atom. The van der Waals surface area contributed by atoms with Gasteiger partial charge in [0.1, 0.15) is 0 Å². The molecular weight excluding hydrogens is 460 g/mol. The first kappa shape index (κ1) is 32.1. The second-order valence-corrected chi connectivity index (χ2v) is 10.0. The van der Waals surface area contributed by atoms with Gasteiger partial charge in [0.05, 0.1) is 0 Å². The molecule has 2 nitrogen and oxygen atoms in total. The van der Waals surface area contributed by atoms with E-state index in [0.717, 1.165) is 35.2 Å². The Hall–Kier alpha value is -3.91. The Kier molecular flexibility index (Phi) is 14.2. The van der Waals surface area contributed by atoms with Crippen LogP contribution < -0.4 is 5.73 Å². The summed E-state index contributed by atoms with van der Waals surface area (Å²) in [6.45, 7) is 20.3. The molecule has 0 bridgehead atoms. The molecule has 0 saturated heterocycles. The first-order valence-corrected chi connectivity index (χ1v) is 13.2. The second-order valence-electron chi connectivity index (χ2n) is 10.0. The van der Waals surface area contributed by atoms with E-state index in [4.69, 9.17) is 11.1 Å². The Labute approximate surface area is 231 Å². The number of benzene rings is 2. The number of nitrogens with two attached hydrogens (primary N) is 1. The molecule has 2 aromatic rings. The molecule has 0 amide bonds. The van der Waals surface area contributed by atoms with Gasteiger partial charge in [-0.05, 0) is 73.4 Å². The van der Waals surface area contributed by atoms with Crippen molar-refractivity contribution in [1.29, 1.82) is 5.41 Å². The van der Waals surface area contributed by atoms with Crippen LogP contribution in [0.25, 0.3) is 16.8 Å². The van der Waals surface area contributed by atoms with Crippen LogP contribution in [-0.2, 0) is 5.41 Å². The number of hydrogen-bond acceptors (Lipinski definition) is 2. The average Bonchev–Trinajstić information content (AvgIpc) is 2.93. The first-order chi connectivity index (χ1) is 18.0. The van der Waals surface area contributed by atoms with Crippen LogP contribution in [0.5, 0.6) is 0 Å². The van der Waals surface area contributed by atoms with Crippen molar-refractivity contribution in [2.24, 2.45) is 5.73 Å². The van der Waals surface area contributed by atoms with E-state index < -0.39 is 0 Å². The van der Waals surface area contributed by atoms with Crippen LogP contribution in [0.1, 0.15) is 65.5 Å². The Bertz CT molecular complexity index is 1220. The van der Waals surface area contributed by atoms with Gasteiger partial charge in [-0.25, -0.2) is 0 Å². The summed E-state index contributed by atoms with van der Waals surface area (Å²) in [5.41, 5.74) is 15.3. The molecule has 0 aliphatic carbocycles. The lowest BCUT2D eigenvalue weighted by Crippen LogP contribution is -2.19. The van der Waals surface area contributed by atoms with E-state index in [9.17, 15) is 0 Å². The summed E-state index contributed by atoms with van der Waals surface area (Å²) < 4.78 is 0. The van der Waals surface area contributed by atoms with Gasteiger partial charge in [-0.2, -0.15) is 0 Å². The molecule has 0 unspecified atom stereocenters. The van der Waals surface area contributed by atoms with Gasteiger partial charge in [-0.1, -0.05) is 130 Å². The minimum Gasteiger partial charge on any atom is -0.398 e. The summed E-state index contributed by atoms with van der Waals surface area (Å²) in [6, 6.07) is 17.1. The van der Waals surface area contributed by atoms with Crippen LogP contribution in [0.3, 0.4) is 0 Å². The molecule has 0 aromatic heterocycles. The maximum Gasteiger partial charge on any atom is 0.0390 e. The molecule has 0 aliphatic rings. The lowest BCUT2D eigenvalue weighted by molar-refractivity contribution is 0.505. The fraction of sp³-hybridized carbons (Fsp3) is 0.250. The third-order valence-electron chi connectivity index (χ3n) is 6.34. The number of nitrogens with one attached hydrogen (secondary N) is 1. The van der Waals surface area contributed by atoms with Crippen LogP contribution in [0, 0.1) is 5.41 Å². The van der Waals surface area contributed by atoms with Gasteiger partial charge in [0.25, 0.3) is 0 Å². The topological polar surface area (TPSA) is 49.9 Å². The van der Waals surface area contributed by atoms with Gasteiger partial charge in [0.15, 0.2) is 0 Å². The molecule has 0 aliphatic heterocycles. The Balaban J connectivity index is 0.00000132. The zero-order valence-corrected chi connectivity index (χ0v) is 24.2. The number of rotatable bonds is 11. The molecule has 0 fully saturated rings. The van der Waals surface area contributed by atoms with E-state index in [2.05, 4.69) is 102 Å². The van der Waals surface area contributed by atoms with E-state index in [1.54, 1.807) is 6.92 Å². The van der Waals surface area contributed by atoms with Crippen LogP contribution >= 0.6 is 0 Å². The number of allylic oxidation sites excluding steroid dienone is 11. The van der Waals surface area contributed by atoms with Gasteiger partial charge < -0.3 is 11.1 Å². The van der Waals surface area contributed by atoms with Crippen LogP contribution in [0.4, 0.5) is 0 Å². The lowest BCUT2D eigenvalue weighted by atomic mass is 9.78. The SMILES string of the molecule is C=C(/C=C/C=C\C=C(/N)c1ccc(-c2ccccc2)cc1C(C)(C)CC)C/C=C\C(C)=C/C.C=C(C)C=N. The third kappa shape index (κ3) is 11.4. The van der Waals surface area contributed by atoms with Crippen molar-refractivity contribution >= 4 is 11.9 Å². The highest BCUT2D eigenvalue weighted by Crippen LogP contribution is 2.35. The molecule has 200 valence electrons. The van der Waals surface area contributed by atoms with Crippen molar-refractivity contribution in [2.45, 2.75) is 59.8 Å². The van der Waals surface area contributed by atoms with Gasteiger partial charge in [0.2, 0.25) is 0 Å². The van der Waals surface area contributed by atoms with E-state index >= 15 is 0 Å². The van der Waals surface area contributed by atoms with Crippen molar-refractivity contribution in [2.75, 3.05) is 0 Å². The molecule has 0 atom stereocenters. The molecule has 2 heteroatoms. The van der Waals surface area contributed by atoms with Crippen LogP contribution in [0.2, 0.25) is 0 Å². The Morgan fingerprint density at radius 3 is 2.18 bits per heavy atom. The summed E-state index contributed by atoms with van der Waals surface area (Å²) in [5.74, 6) is 0. The molecule has 0 spiro atoms. The van der Waals surface area contributed by atoms with Gasteiger partial charge in [-0.15, -0.1) is 0 Å². The van der Waals surface area contributed by atoms with Crippen molar-refractivity contribution < 1.29 is 0 Å². The molecule has 38 heavy (non-hydrogen) atoms. The van der Waals surface area contributed by atoms with Crippen molar-refractivity contribution in [3.63, 3.8) is 0 Å². The maximum atomic E-state index is 6.54. The lowest BCUT2D eigenvalue weighted by Gasteiger charge is -2.27. The zero-order chi connectivity index (χ0) is 28.6. The predicted octanol–water partition coefficient (Wildman–Crippen LogP) is 10.1. The van der Waals surface area contributed by atoms with Gasteiger partial charge in [-0.3, -0.25) is 0 Å². The minimum absolute atomic E-state index is 0.0266. The summed E-state index contributed by atoms with van der Waals surface area (Å²) in [7, 11) is 0.